The maximum absolute atomic E-state index is 9.50. The van der Waals surface area contributed by atoms with E-state index < -0.39 is 0 Å². The molecule has 0 aliphatic heterocycles. The van der Waals surface area contributed by atoms with Crippen LogP contribution in [0.1, 0.15) is 10.6 Å². The molecular formula is C16H10N2O2S. The summed E-state index contributed by atoms with van der Waals surface area (Å²) >= 11 is 1.44. The first kappa shape index (κ1) is 13.2. The standard InChI is InChI=1S/C16H10N2O2S/c17-9-11(7-10-5-6-13(19)14(20)8-10)16-18-12-3-1-2-4-15(12)21-16/h1-8,19-20H. The number of hydrogen-bond acceptors (Lipinski definition) is 5. The van der Waals surface area contributed by atoms with Gasteiger partial charge in [0, 0.05) is 0 Å². The van der Waals surface area contributed by atoms with E-state index in [2.05, 4.69) is 11.1 Å². The van der Waals surface area contributed by atoms with Crippen molar-refractivity contribution >= 4 is 33.2 Å². The normalized spacial score (nSPS) is 11.5. The minimum absolute atomic E-state index is 0.189. The molecule has 1 aromatic heterocycles. The molecule has 0 atom stereocenters. The van der Waals surface area contributed by atoms with Gasteiger partial charge >= 0.3 is 0 Å². The van der Waals surface area contributed by atoms with E-state index in [1.165, 1.54) is 23.5 Å². The summed E-state index contributed by atoms with van der Waals surface area (Å²) < 4.78 is 1.02. The molecule has 2 aromatic carbocycles. The molecule has 0 unspecified atom stereocenters. The molecule has 0 amide bonds. The topological polar surface area (TPSA) is 77.1 Å². The Balaban J connectivity index is 2.06. The third kappa shape index (κ3) is 2.57. The second-order valence-corrected chi connectivity index (χ2v) is 5.44. The fourth-order valence-corrected chi connectivity index (χ4v) is 2.86. The van der Waals surface area contributed by atoms with Gasteiger partial charge in [0.15, 0.2) is 11.5 Å². The highest BCUT2D eigenvalue weighted by Crippen LogP contribution is 2.30. The molecule has 0 aliphatic rings. The molecule has 0 saturated heterocycles. The van der Waals surface area contributed by atoms with Gasteiger partial charge in [0.05, 0.1) is 15.8 Å². The number of fused-ring (bicyclic) bond motifs is 1. The van der Waals surface area contributed by atoms with Crippen molar-refractivity contribution in [3.8, 4) is 17.6 Å². The van der Waals surface area contributed by atoms with Crippen LogP contribution in [0, 0.1) is 11.3 Å². The summed E-state index contributed by atoms with van der Waals surface area (Å²) in [5.41, 5.74) is 1.90. The van der Waals surface area contributed by atoms with E-state index in [-0.39, 0.29) is 11.5 Å². The van der Waals surface area contributed by atoms with Gasteiger partial charge in [-0.1, -0.05) is 18.2 Å². The van der Waals surface area contributed by atoms with Crippen LogP contribution in [0.25, 0.3) is 21.9 Å². The number of nitriles is 1. The Morgan fingerprint density at radius 1 is 1.14 bits per heavy atom. The van der Waals surface area contributed by atoms with Crippen LogP contribution in [0.2, 0.25) is 0 Å². The van der Waals surface area contributed by atoms with Crippen LogP contribution < -0.4 is 0 Å². The lowest BCUT2D eigenvalue weighted by atomic mass is 10.1. The number of benzene rings is 2. The summed E-state index contributed by atoms with van der Waals surface area (Å²) in [5, 5.41) is 28.8. The Hall–Kier alpha value is -2.84. The van der Waals surface area contributed by atoms with Gasteiger partial charge in [-0.25, -0.2) is 4.98 Å². The lowest BCUT2D eigenvalue weighted by Crippen LogP contribution is -1.81. The number of aromatic nitrogens is 1. The molecule has 3 aromatic rings. The maximum atomic E-state index is 9.50. The third-order valence-electron chi connectivity index (χ3n) is 2.96. The van der Waals surface area contributed by atoms with Gasteiger partial charge in [-0.2, -0.15) is 5.26 Å². The fourth-order valence-electron chi connectivity index (χ4n) is 1.93. The summed E-state index contributed by atoms with van der Waals surface area (Å²) in [6.45, 7) is 0. The van der Waals surface area contributed by atoms with Crippen LogP contribution in [0.15, 0.2) is 42.5 Å². The average Bonchev–Trinajstić information content (AvgIpc) is 2.92. The van der Waals surface area contributed by atoms with Crippen molar-refractivity contribution in [1.82, 2.24) is 4.98 Å². The highest BCUT2D eigenvalue weighted by molar-refractivity contribution is 7.19. The van der Waals surface area contributed by atoms with E-state index >= 15 is 0 Å². The molecule has 3 rings (SSSR count). The molecule has 21 heavy (non-hydrogen) atoms. The smallest absolute Gasteiger partial charge is 0.157 e. The monoisotopic (exact) mass is 294 g/mol. The predicted octanol–water partition coefficient (Wildman–Crippen LogP) is 3.77. The first-order chi connectivity index (χ1) is 10.2. The third-order valence-corrected chi connectivity index (χ3v) is 4.02. The van der Waals surface area contributed by atoms with E-state index in [9.17, 15) is 15.5 Å². The minimum Gasteiger partial charge on any atom is -0.504 e. The first-order valence-corrected chi connectivity index (χ1v) is 6.99. The van der Waals surface area contributed by atoms with Gasteiger partial charge < -0.3 is 10.2 Å². The van der Waals surface area contributed by atoms with Crippen LogP contribution in [-0.4, -0.2) is 15.2 Å². The number of aromatic hydroxyl groups is 2. The Morgan fingerprint density at radius 3 is 2.67 bits per heavy atom. The van der Waals surface area contributed by atoms with Crippen molar-refractivity contribution in [2.24, 2.45) is 0 Å². The van der Waals surface area contributed by atoms with Gasteiger partial charge in [-0.05, 0) is 35.9 Å². The lowest BCUT2D eigenvalue weighted by Gasteiger charge is -1.99. The summed E-state index contributed by atoms with van der Waals surface area (Å²) in [6.07, 6.45) is 1.64. The Bertz CT molecular complexity index is 858. The van der Waals surface area contributed by atoms with Crippen molar-refractivity contribution in [3.63, 3.8) is 0 Å². The Labute approximate surface area is 124 Å². The maximum Gasteiger partial charge on any atom is 0.157 e. The van der Waals surface area contributed by atoms with E-state index in [1.807, 2.05) is 24.3 Å². The molecule has 0 saturated carbocycles. The SMILES string of the molecule is N#CC(=Cc1ccc(O)c(O)c1)c1nc2ccccc2s1. The molecule has 1 heterocycles. The number of phenolic OH excluding ortho intramolecular Hbond substituents is 2. The molecule has 0 bridgehead atoms. The number of para-hydroxylation sites is 1. The van der Waals surface area contributed by atoms with Crippen LogP contribution in [0.3, 0.4) is 0 Å². The summed E-state index contributed by atoms with van der Waals surface area (Å²) in [5.74, 6) is -0.406. The molecule has 0 fully saturated rings. The second-order valence-electron chi connectivity index (χ2n) is 4.40. The van der Waals surface area contributed by atoms with Crippen molar-refractivity contribution < 1.29 is 10.2 Å². The minimum atomic E-state index is -0.217. The van der Waals surface area contributed by atoms with E-state index in [0.717, 1.165) is 10.2 Å². The number of hydrogen-bond donors (Lipinski definition) is 2. The van der Waals surface area contributed by atoms with Crippen molar-refractivity contribution in [1.29, 1.82) is 5.26 Å². The molecule has 0 aliphatic carbocycles. The Kier molecular flexibility index (Phi) is 3.30. The van der Waals surface area contributed by atoms with Crippen molar-refractivity contribution in [3.05, 3.63) is 53.0 Å². The second kappa shape index (κ2) is 5.27. The van der Waals surface area contributed by atoms with Gasteiger partial charge in [0.25, 0.3) is 0 Å². The van der Waals surface area contributed by atoms with Crippen LogP contribution in [0.4, 0.5) is 0 Å². The number of allylic oxidation sites excluding steroid dienone is 1. The summed E-state index contributed by atoms with van der Waals surface area (Å²) in [6, 6.07) is 14.2. The van der Waals surface area contributed by atoms with Gasteiger partial charge in [0.1, 0.15) is 11.1 Å². The highest BCUT2D eigenvalue weighted by atomic mass is 32.1. The van der Waals surface area contributed by atoms with E-state index in [1.54, 1.807) is 12.1 Å². The summed E-state index contributed by atoms with van der Waals surface area (Å²) in [4.78, 5) is 4.44. The zero-order valence-corrected chi connectivity index (χ0v) is 11.6. The van der Waals surface area contributed by atoms with Crippen molar-refractivity contribution in [2.45, 2.75) is 0 Å². The van der Waals surface area contributed by atoms with Gasteiger partial charge in [0.2, 0.25) is 0 Å². The van der Waals surface area contributed by atoms with Crippen molar-refractivity contribution in [2.75, 3.05) is 0 Å². The number of nitrogens with zero attached hydrogens (tertiary/aromatic N) is 2. The number of phenols is 2. The zero-order chi connectivity index (χ0) is 14.8. The average molecular weight is 294 g/mol. The van der Waals surface area contributed by atoms with Gasteiger partial charge in [-0.15, -0.1) is 11.3 Å². The van der Waals surface area contributed by atoms with E-state index in [4.69, 9.17) is 0 Å². The van der Waals surface area contributed by atoms with E-state index in [0.29, 0.717) is 16.1 Å². The molecule has 0 radical (unpaired) electrons. The predicted molar refractivity (Wildman–Crippen MR) is 82.9 cm³/mol. The Morgan fingerprint density at radius 2 is 1.95 bits per heavy atom. The molecule has 4 nitrogen and oxygen atoms in total. The fraction of sp³-hybridized carbons (Fsp3) is 0. The highest BCUT2D eigenvalue weighted by Gasteiger charge is 2.09. The quantitative estimate of drug-likeness (QED) is 0.557. The molecular weight excluding hydrogens is 284 g/mol. The molecule has 2 N–H and O–H groups in total. The van der Waals surface area contributed by atoms with Crippen LogP contribution >= 0.6 is 11.3 Å². The summed E-state index contributed by atoms with van der Waals surface area (Å²) in [7, 11) is 0. The van der Waals surface area contributed by atoms with Crippen LogP contribution in [0.5, 0.6) is 11.5 Å². The molecule has 5 heteroatoms. The zero-order valence-electron chi connectivity index (χ0n) is 10.8. The first-order valence-electron chi connectivity index (χ1n) is 6.17. The number of thiazole rings is 1. The molecule has 102 valence electrons. The van der Waals surface area contributed by atoms with Gasteiger partial charge in [-0.3, -0.25) is 0 Å². The largest absolute Gasteiger partial charge is 0.504 e. The number of rotatable bonds is 2. The van der Waals surface area contributed by atoms with Crippen LogP contribution in [-0.2, 0) is 0 Å². The lowest BCUT2D eigenvalue weighted by molar-refractivity contribution is 0.403. The molecule has 0 spiro atoms.